The first-order valence-corrected chi connectivity index (χ1v) is 10.2. The van der Waals surface area contributed by atoms with Crippen molar-refractivity contribution in [2.24, 2.45) is 5.92 Å². The SMILES string of the molecule is CCC(C)N(Cc1ccccc1)C(=O)C1CCN(c2ccccc2Br)C1=O. The summed E-state index contributed by atoms with van der Waals surface area (Å²) in [6.45, 7) is 5.22. The molecule has 1 heterocycles. The lowest BCUT2D eigenvalue weighted by Crippen LogP contribution is -2.44. The second-order valence-electron chi connectivity index (χ2n) is 6.99. The lowest BCUT2D eigenvalue weighted by Gasteiger charge is -2.31. The van der Waals surface area contributed by atoms with Gasteiger partial charge in [0.15, 0.2) is 0 Å². The first-order chi connectivity index (χ1) is 13.0. The highest BCUT2D eigenvalue weighted by atomic mass is 79.9. The molecule has 5 heteroatoms. The van der Waals surface area contributed by atoms with Crippen LogP contribution in [0.4, 0.5) is 5.69 Å². The van der Waals surface area contributed by atoms with Crippen molar-refractivity contribution >= 4 is 33.4 Å². The average molecular weight is 429 g/mol. The maximum atomic E-state index is 13.3. The van der Waals surface area contributed by atoms with Crippen LogP contribution in [0.15, 0.2) is 59.1 Å². The minimum Gasteiger partial charge on any atom is -0.335 e. The largest absolute Gasteiger partial charge is 0.335 e. The van der Waals surface area contributed by atoms with E-state index in [4.69, 9.17) is 0 Å². The number of benzene rings is 2. The van der Waals surface area contributed by atoms with Crippen molar-refractivity contribution in [2.75, 3.05) is 11.4 Å². The minimum atomic E-state index is -0.602. The molecule has 142 valence electrons. The molecule has 0 saturated carbocycles. The fraction of sp³-hybridized carbons (Fsp3) is 0.364. The van der Waals surface area contributed by atoms with Gasteiger partial charge >= 0.3 is 0 Å². The third-order valence-electron chi connectivity index (χ3n) is 5.25. The number of halogens is 1. The van der Waals surface area contributed by atoms with Crippen molar-refractivity contribution in [3.8, 4) is 0 Å². The zero-order valence-corrected chi connectivity index (χ0v) is 17.4. The topological polar surface area (TPSA) is 40.6 Å². The Morgan fingerprint density at radius 3 is 2.52 bits per heavy atom. The van der Waals surface area contributed by atoms with E-state index in [1.807, 2.05) is 66.4 Å². The Labute approximate surface area is 169 Å². The molecule has 1 fully saturated rings. The summed E-state index contributed by atoms with van der Waals surface area (Å²) < 4.78 is 0.870. The van der Waals surface area contributed by atoms with E-state index in [0.717, 1.165) is 22.1 Å². The molecule has 4 nitrogen and oxygen atoms in total. The first-order valence-electron chi connectivity index (χ1n) is 9.43. The molecule has 3 rings (SSSR count). The van der Waals surface area contributed by atoms with Gasteiger partial charge in [-0.3, -0.25) is 9.59 Å². The van der Waals surface area contributed by atoms with Crippen LogP contribution in [-0.4, -0.2) is 29.3 Å². The third kappa shape index (κ3) is 4.24. The summed E-state index contributed by atoms with van der Waals surface area (Å²) in [6.07, 6.45) is 1.41. The number of rotatable bonds is 6. The molecule has 1 aliphatic heterocycles. The number of hydrogen-bond donors (Lipinski definition) is 0. The molecule has 0 N–H and O–H groups in total. The van der Waals surface area contributed by atoms with E-state index >= 15 is 0 Å². The maximum Gasteiger partial charge on any atom is 0.239 e. The lowest BCUT2D eigenvalue weighted by atomic mass is 10.0. The average Bonchev–Trinajstić information content (AvgIpc) is 3.07. The Balaban J connectivity index is 1.80. The summed E-state index contributed by atoms with van der Waals surface area (Å²) >= 11 is 3.51. The van der Waals surface area contributed by atoms with Gasteiger partial charge in [0.05, 0.1) is 5.69 Å². The Morgan fingerprint density at radius 1 is 1.19 bits per heavy atom. The normalized spacial score (nSPS) is 17.8. The standard InChI is InChI=1S/C22H25BrN2O2/c1-3-16(2)25(15-17-9-5-4-6-10-17)22(27)18-13-14-24(21(18)26)20-12-8-7-11-19(20)23/h4-12,16,18H,3,13-15H2,1-2H3. The third-order valence-corrected chi connectivity index (χ3v) is 5.92. The Kier molecular flexibility index (Phi) is 6.32. The quantitative estimate of drug-likeness (QED) is 0.629. The number of nitrogens with zero attached hydrogens (tertiary/aromatic N) is 2. The second-order valence-corrected chi connectivity index (χ2v) is 7.85. The van der Waals surface area contributed by atoms with Gasteiger partial charge in [0.1, 0.15) is 5.92 Å². The smallest absolute Gasteiger partial charge is 0.239 e. The first kappa shape index (κ1) is 19.6. The summed E-state index contributed by atoms with van der Waals surface area (Å²) in [5.41, 5.74) is 1.91. The summed E-state index contributed by atoms with van der Waals surface area (Å²) in [5, 5.41) is 0. The highest BCUT2D eigenvalue weighted by Gasteiger charge is 2.40. The van der Waals surface area contributed by atoms with Gasteiger partial charge in [-0.25, -0.2) is 0 Å². The van der Waals surface area contributed by atoms with Crippen LogP contribution in [-0.2, 0) is 16.1 Å². The van der Waals surface area contributed by atoms with Gasteiger partial charge in [0.25, 0.3) is 0 Å². The molecule has 2 aromatic carbocycles. The molecule has 27 heavy (non-hydrogen) atoms. The van der Waals surface area contributed by atoms with E-state index in [2.05, 4.69) is 22.9 Å². The zero-order chi connectivity index (χ0) is 19.4. The van der Waals surface area contributed by atoms with Crippen LogP contribution in [0.3, 0.4) is 0 Å². The molecule has 0 aromatic heterocycles. The Morgan fingerprint density at radius 2 is 1.85 bits per heavy atom. The van der Waals surface area contributed by atoms with E-state index < -0.39 is 5.92 Å². The van der Waals surface area contributed by atoms with Crippen molar-refractivity contribution in [2.45, 2.75) is 39.3 Å². The van der Waals surface area contributed by atoms with Gasteiger partial charge in [-0.05, 0) is 53.4 Å². The Bertz CT molecular complexity index is 809. The molecule has 2 atom stereocenters. The van der Waals surface area contributed by atoms with E-state index in [-0.39, 0.29) is 17.9 Å². The lowest BCUT2D eigenvalue weighted by molar-refractivity contribution is -0.142. The second kappa shape index (κ2) is 8.70. The van der Waals surface area contributed by atoms with Crippen LogP contribution < -0.4 is 4.90 Å². The van der Waals surface area contributed by atoms with Gasteiger partial charge in [0, 0.05) is 23.6 Å². The van der Waals surface area contributed by atoms with Gasteiger partial charge in [-0.15, -0.1) is 0 Å². The predicted molar refractivity (Wildman–Crippen MR) is 111 cm³/mol. The predicted octanol–water partition coefficient (Wildman–Crippen LogP) is 4.63. The summed E-state index contributed by atoms with van der Waals surface area (Å²) in [7, 11) is 0. The molecular weight excluding hydrogens is 404 g/mol. The Hall–Kier alpha value is -2.14. The molecular formula is C22H25BrN2O2. The highest BCUT2D eigenvalue weighted by Crippen LogP contribution is 2.32. The molecule has 1 saturated heterocycles. The van der Waals surface area contributed by atoms with Crippen LogP contribution in [0.5, 0.6) is 0 Å². The van der Waals surface area contributed by atoms with Crippen LogP contribution in [0, 0.1) is 5.92 Å². The van der Waals surface area contributed by atoms with Crippen LogP contribution >= 0.6 is 15.9 Å². The van der Waals surface area contributed by atoms with Crippen LogP contribution in [0.25, 0.3) is 0 Å². The molecule has 2 unspecified atom stereocenters. The minimum absolute atomic E-state index is 0.0623. The van der Waals surface area contributed by atoms with Gasteiger partial charge in [-0.2, -0.15) is 0 Å². The molecule has 2 amide bonds. The van der Waals surface area contributed by atoms with Gasteiger partial charge in [-0.1, -0.05) is 49.4 Å². The molecule has 1 aliphatic rings. The summed E-state index contributed by atoms with van der Waals surface area (Å²) in [6, 6.07) is 17.7. The molecule has 0 bridgehead atoms. The molecule has 0 spiro atoms. The number of carbonyl (C=O) groups is 2. The number of para-hydroxylation sites is 1. The fourth-order valence-corrected chi connectivity index (χ4v) is 3.97. The molecule has 2 aromatic rings. The van der Waals surface area contributed by atoms with E-state index in [1.54, 1.807) is 4.90 Å². The van der Waals surface area contributed by atoms with Crippen molar-refractivity contribution in [3.05, 3.63) is 64.6 Å². The molecule has 0 radical (unpaired) electrons. The summed E-state index contributed by atoms with van der Waals surface area (Å²) in [5.74, 6) is -0.768. The number of hydrogen-bond acceptors (Lipinski definition) is 2. The van der Waals surface area contributed by atoms with Crippen molar-refractivity contribution in [1.82, 2.24) is 4.90 Å². The number of anilines is 1. The van der Waals surface area contributed by atoms with Gasteiger partial charge in [0.2, 0.25) is 11.8 Å². The summed E-state index contributed by atoms with van der Waals surface area (Å²) in [4.78, 5) is 29.9. The van der Waals surface area contributed by atoms with Gasteiger partial charge < -0.3 is 9.80 Å². The van der Waals surface area contributed by atoms with E-state index in [1.165, 1.54) is 0 Å². The monoisotopic (exact) mass is 428 g/mol. The highest BCUT2D eigenvalue weighted by molar-refractivity contribution is 9.10. The number of amides is 2. The molecule has 0 aliphatic carbocycles. The van der Waals surface area contributed by atoms with E-state index in [0.29, 0.717) is 19.5 Å². The fourth-order valence-electron chi connectivity index (χ4n) is 3.47. The van der Waals surface area contributed by atoms with Crippen LogP contribution in [0.2, 0.25) is 0 Å². The van der Waals surface area contributed by atoms with Crippen molar-refractivity contribution < 1.29 is 9.59 Å². The number of carbonyl (C=O) groups excluding carboxylic acids is 2. The van der Waals surface area contributed by atoms with Crippen molar-refractivity contribution in [1.29, 1.82) is 0 Å². The zero-order valence-electron chi connectivity index (χ0n) is 15.8. The van der Waals surface area contributed by atoms with Crippen molar-refractivity contribution in [3.63, 3.8) is 0 Å². The van der Waals surface area contributed by atoms with Crippen LogP contribution in [0.1, 0.15) is 32.3 Å². The maximum absolute atomic E-state index is 13.3. The van der Waals surface area contributed by atoms with E-state index in [9.17, 15) is 9.59 Å².